The van der Waals surface area contributed by atoms with E-state index in [9.17, 15) is 4.79 Å². The Morgan fingerprint density at radius 2 is 2.24 bits per heavy atom. The van der Waals surface area contributed by atoms with Crippen LogP contribution in [0.25, 0.3) is 0 Å². The molecule has 1 atom stereocenters. The van der Waals surface area contributed by atoms with Gasteiger partial charge in [-0.3, -0.25) is 4.79 Å². The molecule has 17 heavy (non-hydrogen) atoms. The third-order valence-electron chi connectivity index (χ3n) is 3.53. The van der Waals surface area contributed by atoms with Gasteiger partial charge in [-0.25, -0.2) is 0 Å². The minimum atomic E-state index is -0.417. The number of esters is 1. The largest absolute Gasteiger partial charge is 0.469 e. The van der Waals surface area contributed by atoms with Crippen LogP contribution in [0, 0.1) is 11.3 Å². The molecule has 0 radical (unpaired) electrons. The molecule has 2 N–H and O–H groups in total. The van der Waals surface area contributed by atoms with Gasteiger partial charge in [0.1, 0.15) is 0 Å². The molecule has 1 aliphatic heterocycles. The number of hydrogen-bond acceptors (Lipinski definition) is 4. The Morgan fingerprint density at radius 3 is 2.82 bits per heavy atom. The lowest BCUT2D eigenvalue weighted by atomic mass is 9.89. The first kappa shape index (κ1) is 14.5. The maximum absolute atomic E-state index is 11.6. The zero-order chi connectivity index (χ0) is 12.9. The molecule has 0 saturated carbocycles. The Bertz CT molecular complexity index is 252. The van der Waals surface area contributed by atoms with E-state index in [4.69, 9.17) is 10.5 Å². The first-order valence-corrected chi connectivity index (χ1v) is 6.50. The van der Waals surface area contributed by atoms with E-state index in [2.05, 4.69) is 4.90 Å². The van der Waals surface area contributed by atoms with Crippen LogP contribution in [-0.2, 0) is 9.53 Å². The zero-order valence-corrected chi connectivity index (χ0v) is 11.4. The van der Waals surface area contributed by atoms with Crippen molar-refractivity contribution in [3.05, 3.63) is 0 Å². The van der Waals surface area contributed by atoms with Gasteiger partial charge in [-0.1, -0.05) is 0 Å². The van der Waals surface area contributed by atoms with Crippen molar-refractivity contribution in [2.24, 2.45) is 17.1 Å². The molecule has 0 bridgehead atoms. The van der Waals surface area contributed by atoms with Crippen LogP contribution in [0.4, 0.5) is 0 Å². The molecule has 1 aliphatic rings. The van der Waals surface area contributed by atoms with Crippen molar-refractivity contribution in [2.45, 2.75) is 33.1 Å². The number of methoxy groups -OCH3 is 1. The van der Waals surface area contributed by atoms with Gasteiger partial charge in [-0.2, -0.15) is 0 Å². The summed E-state index contributed by atoms with van der Waals surface area (Å²) in [6, 6.07) is 0. The normalized spacial score (nSPS) is 22.5. The molecule has 0 aromatic carbocycles. The van der Waals surface area contributed by atoms with Crippen molar-refractivity contribution in [1.82, 2.24) is 4.90 Å². The number of carbonyl (C=O) groups is 1. The molecule has 0 aromatic rings. The van der Waals surface area contributed by atoms with E-state index in [1.165, 1.54) is 20.0 Å². The Morgan fingerprint density at radius 1 is 1.53 bits per heavy atom. The van der Waals surface area contributed by atoms with Crippen LogP contribution in [0.2, 0.25) is 0 Å². The summed E-state index contributed by atoms with van der Waals surface area (Å²) >= 11 is 0. The lowest BCUT2D eigenvalue weighted by molar-refractivity contribution is -0.152. The molecule has 1 fully saturated rings. The van der Waals surface area contributed by atoms with Crippen molar-refractivity contribution in [2.75, 3.05) is 33.3 Å². The number of rotatable bonds is 5. The average Bonchev–Trinajstić information content (AvgIpc) is 2.28. The van der Waals surface area contributed by atoms with E-state index in [0.717, 1.165) is 32.6 Å². The van der Waals surface area contributed by atoms with Crippen molar-refractivity contribution in [1.29, 1.82) is 0 Å². The van der Waals surface area contributed by atoms with Crippen LogP contribution in [-0.4, -0.2) is 44.2 Å². The number of nitrogens with zero attached hydrogens (tertiary/aromatic N) is 1. The molecular weight excluding hydrogens is 216 g/mol. The molecule has 100 valence electrons. The number of nitrogens with two attached hydrogens (primary N) is 1. The predicted molar refractivity (Wildman–Crippen MR) is 68.6 cm³/mol. The highest BCUT2D eigenvalue weighted by atomic mass is 16.5. The number of hydrogen-bond donors (Lipinski definition) is 1. The molecule has 0 aliphatic carbocycles. The molecule has 1 rings (SSSR count). The van der Waals surface area contributed by atoms with Crippen LogP contribution >= 0.6 is 0 Å². The van der Waals surface area contributed by atoms with Gasteiger partial charge in [-0.05, 0) is 52.1 Å². The summed E-state index contributed by atoms with van der Waals surface area (Å²) in [6.45, 7) is 7.59. The maximum atomic E-state index is 11.6. The van der Waals surface area contributed by atoms with Crippen LogP contribution in [0.3, 0.4) is 0 Å². The minimum absolute atomic E-state index is 0.126. The van der Waals surface area contributed by atoms with Gasteiger partial charge in [0.2, 0.25) is 0 Å². The third-order valence-corrected chi connectivity index (χ3v) is 3.53. The fraction of sp³-hybridized carbons (Fsp3) is 0.923. The Kier molecular flexibility index (Phi) is 5.40. The van der Waals surface area contributed by atoms with Crippen molar-refractivity contribution < 1.29 is 9.53 Å². The predicted octanol–water partition coefficient (Wildman–Crippen LogP) is 1.25. The van der Waals surface area contributed by atoms with Crippen molar-refractivity contribution >= 4 is 5.97 Å². The molecule has 4 heteroatoms. The molecule has 1 heterocycles. The standard InChI is InChI=1S/C13H26N2O2/c1-13(2,12(16)17-3)10-15-8-4-5-11(9-15)6-7-14/h11H,4-10,14H2,1-3H3. The lowest BCUT2D eigenvalue weighted by Gasteiger charge is -2.36. The van der Waals surface area contributed by atoms with E-state index in [1.54, 1.807) is 0 Å². The quantitative estimate of drug-likeness (QED) is 0.737. The topological polar surface area (TPSA) is 55.6 Å². The number of piperidine rings is 1. The highest BCUT2D eigenvalue weighted by molar-refractivity contribution is 5.76. The Hall–Kier alpha value is -0.610. The fourth-order valence-electron chi connectivity index (χ4n) is 2.67. The summed E-state index contributed by atoms with van der Waals surface area (Å²) < 4.78 is 4.85. The average molecular weight is 242 g/mol. The molecule has 4 nitrogen and oxygen atoms in total. The molecular formula is C13H26N2O2. The minimum Gasteiger partial charge on any atom is -0.469 e. The number of ether oxygens (including phenoxy) is 1. The third kappa shape index (κ3) is 4.28. The van der Waals surface area contributed by atoms with Gasteiger partial charge in [0, 0.05) is 13.1 Å². The van der Waals surface area contributed by atoms with E-state index in [-0.39, 0.29) is 5.97 Å². The van der Waals surface area contributed by atoms with E-state index in [1.807, 2.05) is 13.8 Å². The van der Waals surface area contributed by atoms with E-state index in [0.29, 0.717) is 5.92 Å². The number of carbonyl (C=O) groups excluding carboxylic acids is 1. The Balaban J connectivity index is 2.47. The first-order chi connectivity index (χ1) is 7.99. The summed E-state index contributed by atoms with van der Waals surface area (Å²) in [5.74, 6) is 0.570. The first-order valence-electron chi connectivity index (χ1n) is 6.50. The number of likely N-dealkylation sites (tertiary alicyclic amines) is 1. The summed E-state index contributed by atoms with van der Waals surface area (Å²) in [4.78, 5) is 14.0. The SMILES string of the molecule is COC(=O)C(C)(C)CN1CCCC(CCN)C1. The highest BCUT2D eigenvalue weighted by Gasteiger charge is 2.32. The molecule has 0 spiro atoms. The van der Waals surface area contributed by atoms with Crippen LogP contribution < -0.4 is 5.73 Å². The highest BCUT2D eigenvalue weighted by Crippen LogP contribution is 2.24. The van der Waals surface area contributed by atoms with E-state index < -0.39 is 5.41 Å². The van der Waals surface area contributed by atoms with Gasteiger partial charge >= 0.3 is 5.97 Å². The summed E-state index contributed by atoms with van der Waals surface area (Å²) in [6.07, 6.45) is 3.57. The fourth-order valence-corrected chi connectivity index (χ4v) is 2.67. The molecule has 1 saturated heterocycles. The van der Waals surface area contributed by atoms with Gasteiger partial charge in [0.25, 0.3) is 0 Å². The van der Waals surface area contributed by atoms with Crippen molar-refractivity contribution in [3.8, 4) is 0 Å². The van der Waals surface area contributed by atoms with E-state index >= 15 is 0 Å². The molecule has 0 amide bonds. The van der Waals surface area contributed by atoms with Crippen LogP contribution in [0.5, 0.6) is 0 Å². The summed E-state index contributed by atoms with van der Waals surface area (Å²) in [5, 5.41) is 0. The lowest BCUT2D eigenvalue weighted by Crippen LogP contribution is -2.44. The van der Waals surface area contributed by atoms with Gasteiger partial charge in [0.15, 0.2) is 0 Å². The summed E-state index contributed by atoms with van der Waals surface area (Å²) in [5.41, 5.74) is 5.19. The Labute approximate surface area is 104 Å². The molecule has 0 aromatic heterocycles. The second-order valence-corrected chi connectivity index (χ2v) is 5.70. The van der Waals surface area contributed by atoms with Gasteiger partial charge < -0.3 is 15.4 Å². The van der Waals surface area contributed by atoms with Crippen LogP contribution in [0.1, 0.15) is 33.1 Å². The molecule has 1 unspecified atom stereocenters. The van der Waals surface area contributed by atoms with Gasteiger partial charge in [0.05, 0.1) is 12.5 Å². The van der Waals surface area contributed by atoms with Gasteiger partial charge in [-0.15, -0.1) is 0 Å². The monoisotopic (exact) mass is 242 g/mol. The van der Waals surface area contributed by atoms with Crippen LogP contribution in [0.15, 0.2) is 0 Å². The second kappa shape index (κ2) is 6.36. The second-order valence-electron chi connectivity index (χ2n) is 5.70. The smallest absolute Gasteiger partial charge is 0.312 e. The summed E-state index contributed by atoms with van der Waals surface area (Å²) in [7, 11) is 1.46. The van der Waals surface area contributed by atoms with Crippen molar-refractivity contribution in [3.63, 3.8) is 0 Å². The maximum Gasteiger partial charge on any atom is 0.312 e. The zero-order valence-electron chi connectivity index (χ0n) is 11.4.